The van der Waals surface area contributed by atoms with E-state index in [0.717, 1.165) is 5.30 Å². The average molecular weight is 288 g/mol. The van der Waals surface area contributed by atoms with Gasteiger partial charge in [-0.25, -0.2) is 0 Å². The van der Waals surface area contributed by atoms with Gasteiger partial charge < -0.3 is 0 Å². The first-order valence-electron chi connectivity index (χ1n) is 6.85. The molecule has 0 amide bonds. The van der Waals surface area contributed by atoms with E-state index in [4.69, 9.17) is 18.1 Å². The first kappa shape index (κ1) is 16.5. The number of rotatable bonds is 9. The van der Waals surface area contributed by atoms with Gasteiger partial charge in [-0.2, -0.15) is 0 Å². The third-order valence-corrected chi connectivity index (χ3v) is 6.54. The van der Waals surface area contributed by atoms with Crippen LogP contribution in [0.2, 0.25) is 0 Å². The molecule has 110 valence electrons. The van der Waals surface area contributed by atoms with Crippen molar-refractivity contribution in [1.82, 2.24) is 0 Å². The Morgan fingerprint density at radius 2 is 1.05 bits per heavy atom. The van der Waals surface area contributed by atoms with Crippen molar-refractivity contribution in [1.29, 1.82) is 0 Å². The summed E-state index contributed by atoms with van der Waals surface area (Å²) in [5, 5.41) is 0.834. The fourth-order valence-corrected chi connectivity index (χ4v) is 5.57. The summed E-state index contributed by atoms with van der Waals surface area (Å²) < 4.78 is 24.0. The van der Waals surface area contributed by atoms with Gasteiger partial charge >= 0.3 is 115 Å². The van der Waals surface area contributed by atoms with Gasteiger partial charge in [0.15, 0.2) is 0 Å². The topological polar surface area (TPSA) is 36.9 Å². The zero-order valence-electron chi connectivity index (χ0n) is 12.3. The zero-order chi connectivity index (χ0) is 14.2. The van der Waals surface area contributed by atoms with E-state index in [9.17, 15) is 0 Å². The normalized spacial score (nSPS) is 14.0. The van der Waals surface area contributed by atoms with Gasteiger partial charge in [0, 0.05) is 0 Å². The van der Waals surface area contributed by atoms with Gasteiger partial charge in [0.25, 0.3) is 0 Å². The van der Waals surface area contributed by atoms with Crippen molar-refractivity contribution in [2.75, 3.05) is 26.4 Å². The predicted octanol–water partition coefficient (Wildman–Crippen LogP) is 3.67. The molecule has 0 atom stereocenters. The molecule has 1 aromatic carbocycles. The molecule has 0 aliphatic carbocycles. The molecule has 4 nitrogen and oxygen atoms in total. The van der Waals surface area contributed by atoms with Crippen molar-refractivity contribution in [3.05, 3.63) is 30.3 Å². The molecule has 0 saturated heterocycles. The van der Waals surface area contributed by atoms with Gasteiger partial charge in [0.05, 0.1) is 0 Å². The van der Waals surface area contributed by atoms with Gasteiger partial charge in [0.1, 0.15) is 0 Å². The van der Waals surface area contributed by atoms with Crippen LogP contribution in [0.25, 0.3) is 0 Å². The minimum absolute atomic E-state index is 0.465. The second-order valence-corrected chi connectivity index (χ2v) is 6.99. The van der Waals surface area contributed by atoms with Crippen LogP contribution in [0.3, 0.4) is 0 Å². The number of benzene rings is 1. The molecule has 1 rings (SSSR count). The van der Waals surface area contributed by atoms with E-state index < -0.39 is 7.51 Å². The Kier molecular flexibility index (Phi) is 6.37. The van der Waals surface area contributed by atoms with E-state index in [2.05, 4.69) is 0 Å². The molecule has 0 heterocycles. The second-order valence-electron chi connectivity index (χ2n) is 3.82. The monoisotopic (exact) mass is 288 g/mol. The summed E-state index contributed by atoms with van der Waals surface area (Å²) >= 11 is 0. The quantitative estimate of drug-likeness (QED) is 0.650. The van der Waals surface area contributed by atoms with Crippen molar-refractivity contribution < 1.29 is 18.1 Å². The van der Waals surface area contributed by atoms with Crippen molar-refractivity contribution >= 4 is 12.8 Å². The zero-order valence-corrected chi connectivity index (χ0v) is 13.2. The summed E-state index contributed by atoms with van der Waals surface area (Å²) in [5.41, 5.74) is 0. The van der Waals surface area contributed by atoms with Gasteiger partial charge in [-0.1, -0.05) is 0 Å². The number of hydrogen-bond donors (Lipinski definition) is 0. The van der Waals surface area contributed by atoms with Gasteiger partial charge in [-0.15, -0.1) is 0 Å². The molecule has 0 spiro atoms. The molecule has 0 aliphatic rings. The Morgan fingerprint density at radius 1 is 0.684 bits per heavy atom. The molecule has 0 saturated carbocycles. The summed E-state index contributed by atoms with van der Waals surface area (Å²) in [4.78, 5) is 0. The van der Waals surface area contributed by atoms with E-state index in [-0.39, 0.29) is 0 Å². The number of hydrogen-bond acceptors (Lipinski definition) is 4. The molecule has 0 N–H and O–H groups in total. The van der Waals surface area contributed by atoms with Crippen molar-refractivity contribution in [2.45, 2.75) is 27.7 Å². The molecular weight excluding hydrogens is 263 g/mol. The van der Waals surface area contributed by atoms with Crippen LogP contribution in [0.15, 0.2) is 30.3 Å². The van der Waals surface area contributed by atoms with Crippen LogP contribution in [-0.2, 0) is 18.1 Å². The molecule has 19 heavy (non-hydrogen) atoms. The molecule has 0 aliphatic heterocycles. The average Bonchev–Trinajstić information content (AvgIpc) is 2.41. The maximum atomic E-state index is 5.99. The Labute approximate surface area is 116 Å². The Balaban J connectivity index is 3.39. The van der Waals surface area contributed by atoms with Crippen molar-refractivity contribution in [3.8, 4) is 0 Å². The Morgan fingerprint density at radius 3 is 1.37 bits per heavy atom. The fraction of sp³-hybridized carbons (Fsp3) is 0.571. The van der Waals surface area contributed by atoms with Crippen LogP contribution in [-0.4, -0.2) is 26.4 Å². The summed E-state index contributed by atoms with van der Waals surface area (Å²) in [6.07, 6.45) is 0. The van der Waals surface area contributed by atoms with Crippen LogP contribution >= 0.6 is 7.51 Å². The second kappa shape index (κ2) is 7.32. The fourth-order valence-electron chi connectivity index (χ4n) is 2.08. The molecule has 0 unspecified atom stereocenters. The van der Waals surface area contributed by atoms with E-state index in [1.165, 1.54) is 0 Å². The minimum atomic E-state index is -3.71. The molecular formula is C14H25O4P. The van der Waals surface area contributed by atoms with Gasteiger partial charge in [-0.3, -0.25) is 0 Å². The molecule has 0 fully saturated rings. The van der Waals surface area contributed by atoms with Crippen LogP contribution in [0.5, 0.6) is 0 Å². The van der Waals surface area contributed by atoms with Crippen molar-refractivity contribution in [3.63, 3.8) is 0 Å². The van der Waals surface area contributed by atoms with Crippen LogP contribution in [0.4, 0.5) is 0 Å². The molecule has 1 aromatic rings. The Bertz CT molecular complexity index is 333. The SMILES string of the molecule is CCOP(OCC)(OCC)(OCC)c1ccccc1. The molecule has 0 bridgehead atoms. The summed E-state index contributed by atoms with van der Waals surface area (Å²) in [6, 6.07) is 9.70. The van der Waals surface area contributed by atoms with Crippen LogP contribution in [0.1, 0.15) is 27.7 Å². The summed E-state index contributed by atoms with van der Waals surface area (Å²) in [6.45, 7) is 9.53. The van der Waals surface area contributed by atoms with Crippen LogP contribution in [0, 0.1) is 0 Å². The van der Waals surface area contributed by atoms with E-state index >= 15 is 0 Å². The molecule has 0 aromatic heterocycles. The summed E-state index contributed by atoms with van der Waals surface area (Å²) in [5.74, 6) is 0. The van der Waals surface area contributed by atoms with Gasteiger partial charge in [0.2, 0.25) is 0 Å². The van der Waals surface area contributed by atoms with E-state index in [1.54, 1.807) is 0 Å². The van der Waals surface area contributed by atoms with Gasteiger partial charge in [-0.05, 0) is 0 Å². The summed E-state index contributed by atoms with van der Waals surface area (Å²) in [7, 11) is -3.71. The first-order chi connectivity index (χ1) is 9.17. The maximum absolute atomic E-state index is 5.99. The third-order valence-electron chi connectivity index (χ3n) is 2.58. The Hall–Kier alpha value is -0.510. The van der Waals surface area contributed by atoms with Crippen LogP contribution < -0.4 is 5.30 Å². The third kappa shape index (κ3) is 3.33. The van der Waals surface area contributed by atoms with E-state index in [0.29, 0.717) is 26.4 Å². The first-order valence-corrected chi connectivity index (χ1v) is 8.76. The molecule has 5 heteroatoms. The van der Waals surface area contributed by atoms with Crippen molar-refractivity contribution in [2.24, 2.45) is 0 Å². The van der Waals surface area contributed by atoms with E-state index in [1.807, 2.05) is 58.0 Å². The predicted molar refractivity (Wildman–Crippen MR) is 79.5 cm³/mol. The molecule has 0 radical (unpaired) electrons. The standard InChI is InChI=1S/C14H25O4P/c1-5-15-19(16-6-2,17-7-3,18-8-4)14-12-10-9-11-13-14/h9-13H,5-8H2,1-4H3.